The standard InChI is InChI=1S/C59H38O/c60-59(43-22-8-3-9-23-43)53-31-17-16-30-51(53)58-49-28-14-12-26-47(49)55(48-27-13-15-29-50(48)58)41-32-34-42(35-33-41)56-45-24-10-11-25-46(45)57(40-20-6-2-7-21-40)54-38-44(36-37-52(54)56)39-18-4-1-5-19-39/h1-38H. The minimum absolute atomic E-state index is 0.0205. The molecule has 0 aliphatic carbocycles. The second kappa shape index (κ2) is 14.8. The molecule has 0 unspecified atom stereocenters. The maximum atomic E-state index is 14.1. The summed E-state index contributed by atoms with van der Waals surface area (Å²) in [6, 6.07) is 81.4. The van der Waals surface area contributed by atoms with Gasteiger partial charge in [0.2, 0.25) is 0 Å². The molecule has 0 saturated heterocycles. The summed E-state index contributed by atoms with van der Waals surface area (Å²) in [7, 11) is 0. The number of carbonyl (C=O) groups is 1. The Morgan fingerprint density at radius 3 is 1.12 bits per heavy atom. The molecule has 1 nitrogen and oxygen atoms in total. The Bertz CT molecular complexity index is 3340. The first-order valence-corrected chi connectivity index (χ1v) is 20.6. The first-order valence-electron chi connectivity index (χ1n) is 20.6. The molecule has 0 radical (unpaired) electrons. The first kappa shape index (κ1) is 35.3. The predicted molar refractivity (Wildman–Crippen MR) is 254 cm³/mol. The van der Waals surface area contributed by atoms with Crippen molar-refractivity contribution in [2.75, 3.05) is 0 Å². The average Bonchev–Trinajstić information content (AvgIpc) is 3.33. The van der Waals surface area contributed by atoms with Crippen LogP contribution in [0.25, 0.3) is 98.7 Å². The molecule has 0 spiro atoms. The number of hydrogen-bond acceptors (Lipinski definition) is 1. The van der Waals surface area contributed by atoms with Crippen molar-refractivity contribution >= 4 is 48.9 Å². The topological polar surface area (TPSA) is 17.1 Å². The summed E-state index contributed by atoms with van der Waals surface area (Å²) < 4.78 is 0. The fourth-order valence-corrected chi connectivity index (χ4v) is 9.39. The van der Waals surface area contributed by atoms with Crippen molar-refractivity contribution in [3.8, 4) is 55.6 Å². The van der Waals surface area contributed by atoms with Crippen molar-refractivity contribution < 1.29 is 4.79 Å². The molecule has 0 bridgehead atoms. The smallest absolute Gasteiger partial charge is 0.193 e. The van der Waals surface area contributed by atoms with Gasteiger partial charge >= 0.3 is 0 Å². The summed E-state index contributed by atoms with van der Waals surface area (Å²) in [4.78, 5) is 14.1. The molecule has 11 rings (SSSR count). The molecule has 0 N–H and O–H groups in total. The minimum atomic E-state index is 0.0205. The number of hydrogen-bond donors (Lipinski definition) is 0. The molecule has 0 saturated carbocycles. The van der Waals surface area contributed by atoms with Crippen LogP contribution in [0.15, 0.2) is 231 Å². The van der Waals surface area contributed by atoms with Gasteiger partial charge < -0.3 is 0 Å². The van der Waals surface area contributed by atoms with Crippen LogP contribution in [-0.4, -0.2) is 5.78 Å². The molecule has 0 aliphatic heterocycles. The zero-order valence-corrected chi connectivity index (χ0v) is 32.8. The predicted octanol–water partition coefficient (Wildman–Crippen LogP) is 15.9. The maximum Gasteiger partial charge on any atom is 0.193 e. The van der Waals surface area contributed by atoms with E-state index >= 15 is 0 Å². The Morgan fingerprint density at radius 2 is 0.600 bits per heavy atom. The number of benzene rings is 11. The van der Waals surface area contributed by atoms with Crippen LogP contribution in [0.3, 0.4) is 0 Å². The Morgan fingerprint density at radius 1 is 0.250 bits per heavy atom. The molecular formula is C59H38O. The summed E-state index contributed by atoms with van der Waals surface area (Å²) in [6.07, 6.45) is 0. The minimum Gasteiger partial charge on any atom is -0.289 e. The van der Waals surface area contributed by atoms with Crippen LogP contribution in [0, 0.1) is 0 Å². The Labute approximate surface area is 349 Å². The number of fused-ring (bicyclic) bond motifs is 4. The van der Waals surface area contributed by atoms with E-state index in [9.17, 15) is 4.79 Å². The van der Waals surface area contributed by atoms with Crippen molar-refractivity contribution in [3.05, 3.63) is 242 Å². The van der Waals surface area contributed by atoms with E-state index in [1.165, 1.54) is 60.5 Å². The van der Waals surface area contributed by atoms with Crippen LogP contribution in [0.4, 0.5) is 0 Å². The summed E-state index contributed by atoms with van der Waals surface area (Å²) in [5.74, 6) is 0.0205. The summed E-state index contributed by atoms with van der Waals surface area (Å²) in [6.45, 7) is 0. The van der Waals surface area contributed by atoms with E-state index in [1.54, 1.807) is 0 Å². The van der Waals surface area contributed by atoms with Crippen molar-refractivity contribution in [1.29, 1.82) is 0 Å². The largest absolute Gasteiger partial charge is 0.289 e. The molecule has 0 fully saturated rings. The zero-order valence-electron chi connectivity index (χ0n) is 32.8. The normalized spacial score (nSPS) is 11.4. The molecule has 0 atom stereocenters. The molecule has 280 valence electrons. The van der Waals surface area contributed by atoms with E-state index in [0.717, 1.165) is 38.2 Å². The van der Waals surface area contributed by atoms with E-state index in [4.69, 9.17) is 0 Å². The van der Waals surface area contributed by atoms with Crippen molar-refractivity contribution in [2.24, 2.45) is 0 Å². The molecular weight excluding hydrogens is 725 g/mol. The Balaban J connectivity index is 1.12. The second-order valence-corrected chi connectivity index (χ2v) is 15.4. The third-order valence-electron chi connectivity index (χ3n) is 12.1. The highest BCUT2D eigenvalue weighted by Crippen LogP contribution is 2.47. The lowest BCUT2D eigenvalue weighted by atomic mass is 9.83. The molecule has 0 aliphatic rings. The fourth-order valence-electron chi connectivity index (χ4n) is 9.39. The Hall–Kier alpha value is -7.87. The van der Waals surface area contributed by atoms with Gasteiger partial charge in [0.05, 0.1) is 0 Å². The zero-order chi connectivity index (χ0) is 40.0. The van der Waals surface area contributed by atoms with Crippen molar-refractivity contribution in [3.63, 3.8) is 0 Å². The van der Waals surface area contributed by atoms with Gasteiger partial charge in [0.25, 0.3) is 0 Å². The lowest BCUT2D eigenvalue weighted by Crippen LogP contribution is -2.04. The quantitative estimate of drug-likeness (QED) is 0.117. The molecule has 1 heteroatoms. The van der Waals surface area contributed by atoms with Crippen molar-refractivity contribution in [2.45, 2.75) is 0 Å². The third kappa shape index (κ3) is 5.91. The van der Waals surface area contributed by atoms with Crippen LogP contribution >= 0.6 is 0 Å². The second-order valence-electron chi connectivity index (χ2n) is 15.4. The third-order valence-corrected chi connectivity index (χ3v) is 12.1. The number of rotatable bonds is 7. The molecule has 0 aromatic heterocycles. The molecule has 11 aromatic rings. The summed E-state index contributed by atoms with van der Waals surface area (Å²) in [5, 5.41) is 9.46. The van der Waals surface area contributed by atoms with Crippen LogP contribution in [-0.2, 0) is 0 Å². The highest BCUT2D eigenvalue weighted by Gasteiger charge is 2.22. The summed E-state index contributed by atoms with van der Waals surface area (Å²) in [5.41, 5.74) is 13.0. The van der Waals surface area contributed by atoms with Gasteiger partial charge in [-0.1, -0.05) is 224 Å². The average molecular weight is 763 g/mol. The van der Waals surface area contributed by atoms with Gasteiger partial charge in [0.15, 0.2) is 5.78 Å². The van der Waals surface area contributed by atoms with Crippen LogP contribution in [0.1, 0.15) is 15.9 Å². The van der Waals surface area contributed by atoms with Crippen LogP contribution < -0.4 is 0 Å². The molecule has 11 aromatic carbocycles. The highest BCUT2D eigenvalue weighted by molar-refractivity contribution is 6.25. The van der Waals surface area contributed by atoms with Gasteiger partial charge in [-0.25, -0.2) is 0 Å². The van der Waals surface area contributed by atoms with Gasteiger partial charge in [0, 0.05) is 11.1 Å². The first-order chi connectivity index (χ1) is 29.7. The maximum absolute atomic E-state index is 14.1. The van der Waals surface area contributed by atoms with Gasteiger partial charge in [-0.15, -0.1) is 0 Å². The number of carbonyl (C=O) groups excluding carboxylic acids is 1. The van der Waals surface area contributed by atoms with Gasteiger partial charge in [0.1, 0.15) is 0 Å². The number of ketones is 1. The van der Waals surface area contributed by atoms with E-state index in [1.807, 2.05) is 48.5 Å². The van der Waals surface area contributed by atoms with Crippen LogP contribution in [0.2, 0.25) is 0 Å². The monoisotopic (exact) mass is 762 g/mol. The van der Waals surface area contributed by atoms with Gasteiger partial charge in [-0.2, -0.15) is 0 Å². The lowest BCUT2D eigenvalue weighted by molar-refractivity contribution is 0.103. The molecule has 60 heavy (non-hydrogen) atoms. The molecule has 0 heterocycles. The fraction of sp³-hybridized carbons (Fsp3) is 0. The van der Waals surface area contributed by atoms with E-state index < -0.39 is 0 Å². The Kier molecular flexibility index (Phi) is 8.72. The highest BCUT2D eigenvalue weighted by atomic mass is 16.1. The SMILES string of the molecule is O=C(c1ccccc1)c1ccccc1-c1c2ccccc2c(-c2ccc(-c3c4ccccc4c(-c4ccccc4)c4cc(-c5ccccc5)ccc34)cc2)c2ccccc12. The van der Waals surface area contributed by atoms with Gasteiger partial charge in [-0.05, 0) is 105 Å². The van der Waals surface area contributed by atoms with E-state index in [-0.39, 0.29) is 5.78 Å². The molecule has 0 amide bonds. The van der Waals surface area contributed by atoms with Crippen LogP contribution in [0.5, 0.6) is 0 Å². The van der Waals surface area contributed by atoms with E-state index in [0.29, 0.717) is 11.1 Å². The summed E-state index contributed by atoms with van der Waals surface area (Å²) >= 11 is 0. The van der Waals surface area contributed by atoms with Gasteiger partial charge in [-0.3, -0.25) is 4.79 Å². The lowest BCUT2D eigenvalue weighted by Gasteiger charge is -2.20. The van der Waals surface area contributed by atoms with E-state index in [2.05, 4.69) is 182 Å². The van der Waals surface area contributed by atoms with Crippen molar-refractivity contribution in [1.82, 2.24) is 0 Å².